The molecule has 0 spiro atoms. The summed E-state index contributed by atoms with van der Waals surface area (Å²) < 4.78 is 10.2. The summed E-state index contributed by atoms with van der Waals surface area (Å²) in [5, 5.41) is 6.37. The van der Waals surface area contributed by atoms with Gasteiger partial charge in [0.25, 0.3) is 0 Å². The second-order valence-corrected chi connectivity index (χ2v) is 4.04. The third kappa shape index (κ3) is 3.34. The maximum absolute atomic E-state index is 11.6. The number of amides is 1. The molecule has 16 heavy (non-hydrogen) atoms. The van der Waals surface area contributed by atoms with Crippen LogP contribution >= 0.6 is 0 Å². The molecular weight excluding hydrogens is 208 g/mol. The van der Waals surface area contributed by atoms with E-state index in [0.717, 1.165) is 19.4 Å². The van der Waals surface area contributed by atoms with Gasteiger partial charge in [-0.25, -0.2) is 0 Å². The first-order valence-corrected chi connectivity index (χ1v) is 5.58. The van der Waals surface area contributed by atoms with Gasteiger partial charge in [-0.1, -0.05) is 5.16 Å². The summed E-state index contributed by atoms with van der Waals surface area (Å²) in [7, 11) is 0. The average molecular weight is 224 g/mol. The SMILES string of the molecule is O=C(C[C@H]1CCCOC1)NCc1ccno1. The second-order valence-electron chi connectivity index (χ2n) is 4.04. The predicted octanol–water partition coefficient (Wildman–Crippen LogP) is 1.11. The van der Waals surface area contributed by atoms with Crippen LogP contribution in [-0.2, 0) is 16.1 Å². The first kappa shape index (κ1) is 11.1. The highest BCUT2D eigenvalue weighted by atomic mass is 16.5. The largest absolute Gasteiger partial charge is 0.381 e. The minimum atomic E-state index is 0.0481. The molecule has 88 valence electrons. The van der Waals surface area contributed by atoms with Crippen LogP contribution in [0.3, 0.4) is 0 Å². The van der Waals surface area contributed by atoms with Crippen LogP contribution in [0.25, 0.3) is 0 Å². The molecule has 5 heteroatoms. The second kappa shape index (κ2) is 5.65. The van der Waals surface area contributed by atoms with Crippen molar-refractivity contribution in [1.82, 2.24) is 10.5 Å². The first-order valence-electron chi connectivity index (χ1n) is 5.58. The molecule has 1 aromatic rings. The van der Waals surface area contributed by atoms with E-state index < -0.39 is 0 Å². The highest BCUT2D eigenvalue weighted by molar-refractivity contribution is 5.76. The van der Waals surface area contributed by atoms with Crippen molar-refractivity contribution in [2.45, 2.75) is 25.8 Å². The van der Waals surface area contributed by atoms with E-state index in [1.54, 1.807) is 12.3 Å². The summed E-state index contributed by atoms with van der Waals surface area (Å²) in [4.78, 5) is 11.6. The van der Waals surface area contributed by atoms with Crippen LogP contribution in [0.5, 0.6) is 0 Å². The zero-order valence-electron chi connectivity index (χ0n) is 9.15. The van der Waals surface area contributed by atoms with Gasteiger partial charge in [0.05, 0.1) is 12.7 Å². The van der Waals surface area contributed by atoms with Crippen molar-refractivity contribution < 1.29 is 14.1 Å². The van der Waals surface area contributed by atoms with Gasteiger partial charge in [-0.3, -0.25) is 4.79 Å². The summed E-state index contributed by atoms with van der Waals surface area (Å²) in [6.07, 6.45) is 4.24. The number of rotatable bonds is 4. The van der Waals surface area contributed by atoms with Gasteiger partial charge < -0.3 is 14.6 Å². The van der Waals surface area contributed by atoms with E-state index >= 15 is 0 Å². The Morgan fingerprint density at radius 1 is 1.62 bits per heavy atom. The minimum absolute atomic E-state index is 0.0481. The number of aromatic nitrogens is 1. The van der Waals surface area contributed by atoms with E-state index in [1.165, 1.54) is 0 Å². The molecule has 1 aliphatic rings. The van der Waals surface area contributed by atoms with Gasteiger partial charge in [0.1, 0.15) is 0 Å². The van der Waals surface area contributed by atoms with Crippen LogP contribution in [0.1, 0.15) is 25.0 Å². The molecule has 1 fully saturated rings. The predicted molar refractivity (Wildman–Crippen MR) is 56.5 cm³/mol. The van der Waals surface area contributed by atoms with E-state index in [2.05, 4.69) is 10.5 Å². The molecule has 1 atom stereocenters. The number of nitrogens with zero attached hydrogens (tertiary/aromatic N) is 1. The Morgan fingerprint density at radius 2 is 2.56 bits per heavy atom. The van der Waals surface area contributed by atoms with Gasteiger partial charge in [-0.05, 0) is 18.8 Å². The van der Waals surface area contributed by atoms with E-state index in [-0.39, 0.29) is 5.91 Å². The zero-order valence-corrected chi connectivity index (χ0v) is 9.15. The maximum Gasteiger partial charge on any atom is 0.220 e. The normalized spacial score (nSPS) is 20.6. The first-order chi connectivity index (χ1) is 7.84. The molecule has 1 aromatic heterocycles. The van der Waals surface area contributed by atoms with Crippen LogP contribution in [0.15, 0.2) is 16.8 Å². The minimum Gasteiger partial charge on any atom is -0.381 e. The van der Waals surface area contributed by atoms with Gasteiger partial charge in [-0.2, -0.15) is 0 Å². The van der Waals surface area contributed by atoms with Crippen LogP contribution in [0.4, 0.5) is 0 Å². The molecule has 0 aromatic carbocycles. The van der Waals surface area contributed by atoms with Crippen molar-refractivity contribution in [3.8, 4) is 0 Å². The Balaban J connectivity index is 1.67. The van der Waals surface area contributed by atoms with E-state index in [9.17, 15) is 4.79 Å². The molecule has 0 bridgehead atoms. The maximum atomic E-state index is 11.6. The number of carbonyl (C=O) groups excluding carboxylic acids is 1. The van der Waals surface area contributed by atoms with Gasteiger partial charge >= 0.3 is 0 Å². The summed E-state index contributed by atoms with van der Waals surface area (Å²) in [6.45, 7) is 1.94. The number of carbonyl (C=O) groups is 1. The van der Waals surface area contributed by atoms with Gasteiger partial charge in [0.15, 0.2) is 5.76 Å². The fourth-order valence-electron chi connectivity index (χ4n) is 1.82. The smallest absolute Gasteiger partial charge is 0.220 e. The fourth-order valence-corrected chi connectivity index (χ4v) is 1.82. The van der Waals surface area contributed by atoms with Crippen molar-refractivity contribution in [3.05, 3.63) is 18.0 Å². The Bertz CT molecular complexity index is 318. The van der Waals surface area contributed by atoms with Crippen molar-refractivity contribution >= 4 is 5.91 Å². The summed E-state index contributed by atoms with van der Waals surface area (Å²) in [5.41, 5.74) is 0. The lowest BCUT2D eigenvalue weighted by Crippen LogP contribution is -2.28. The van der Waals surface area contributed by atoms with Gasteiger partial charge in [0.2, 0.25) is 5.91 Å². The molecule has 1 saturated heterocycles. The lowest BCUT2D eigenvalue weighted by molar-refractivity contribution is -0.123. The molecule has 2 heterocycles. The van der Waals surface area contributed by atoms with Crippen LogP contribution in [0.2, 0.25) is 0 Å². The molecule has 5 nitrogen and oxygen atoms in total. The lowest BCUT2D eigenvalue weighted by Gasteiger charge is -2.21. The number of ether oxygens (including phenoxy) is 1. The Morgan fingerprint density at radius 3 is 3.25 bits per heavy atom. The topological polar surface area (TPSA) is 64.4 Å². The summed E-state index contributed by atoms with van der Waals surface area (Å²) >= 11 is 0. The fraction of sp³-hybridized carbons (Fsp3) is 0.636. The molecule has 2 rings (SSSR count). The molecule has 0 saturated carbocycles. The van der Waals surface area contributed by atoms with E-state index in [1.807, 2.05) is 0 Å². The molecule has 0 aliphatic carbocycles. The molecule has 1 aliphatic heterocycles. The monoisotopic (exact) mass is 224 g/mol. The molecule has 0 radical (unpaired) electrons. The Kier molecular flexibility index (Phi) is 3.93. The molecular formula is C11H16N2O3. The third-order valence-corrected chi connectivity index (χ3v) is 2.68. The average Bonchev–Trinajstić information content (AvgIpc) is 2.81. The third-order valence-electron chi connectivity index (χ3n) is 2.68. The summed E-state index contributed by atoms with van der Waals surface area (Å²) in [6, 6.07) is 1.74. The van der Waals surface area contributed by atoms with Crippen molar-refractivity contribution in [1.29, 1.82) is 0 Å². The highest BCUT2D eigenvalue weighted by Gasteiger charge is 2.17. The van der Waals surface area contributed by atoms with Crippen molar-refractivity contribution in [2.24, 2.45) is 5.92 Å². The number of hydrogen-bond donors (Lipinski definition) is 1. The lowest BCUT2D eigenvalue weighted by atomic mass is 9.98. The number of nitrogens with one attached hydrogen (secondary N) is 1. The molecule has 1 N–H and O–H groups in total. The van der Waals surface area contributed by atoms with Gasteiger partial charge in [0, 0.05) is 25.7 Å². The Labute approximate surface area is 94.1 Å². The number of hydrogen-bond acceptors (Lipinski definition) is 4. The Hall–Kier alpha value is -1.36. The quantitative estimate of drug-likeness (QED) is 0.832. The van der Waals surface area contributed by atoms with Crippen LogP contribution < -0.4 is 5.32 Å². The zero-order chi connectivity index (χ0) is 11.2. The van der Waals surface area contributed by atoms with Gasteiger partial charge in [-0.15, -0.1) is 0 Å². The van der Waals surface area contributed by atoms with E-state index in [0.29, 0.717) is 31.3 Å². The standard InChI is InChI=1S/C11H16N2O3/c14-11(6-9-2-1-5-15-8-9)12-7-10-3-4-13-16-10/h3-4,9H,1-2,5-8H2,(H,12,14)/t9-/m1/s1. The molecule has 1 amide bonds. The summed E-state index contributed by atoms with van der Waals surface area (Å²) in [5.74, 6) is 1.09. The molecule has 0 unspecified atom stereocenters. The highest BCUT2D eigenvalue weighted by Crippen LogP contribution is 2.16. The van der Waals surface area contributed by atoms with Crippen molar-refractivity contribution in [3.63, 3.8) is 0 Å². The van der Waals surface area contributed by atoms with Crippen LogP contribution in [-0.4, -0.2) is 24.3 Å². The van der Waals surface area contributed by atoms with Crippen LogP contribution in [0, 0.1) is 5.92 Å². The van der Waals surface area contributed by atoms with E-state index in [4.69, 9.17) is 9.26 Å². The van der Waals surface area contributed by atoms with Crippen molar-refractivity contribution in [2.75, 3.05) is 13.2 Å².